The molecule has 3 N–H and O–H groups in total. The van der Waals surface area contributed by atoms with Crippen LogP contribution in [0.3, 0.4) is 0 Å². The predicted octanol–water partition coefficient (Wildman–Crippen LogP) is 4.77. The van der Waals surface area contributed by atoms with Gasteiger partial charge in [0.25, 0.3) is 5.91 Å². The normalized spacial score (nSPS) is 14.4. The molecular weight excluding hydrogens is 373 g/mol. The summed E-state index contributed by atoms with van der Waals surface area (Å²) in [5, 5.41) is 9.52. The van der Waals surface area contributed by atoms with Gasteiger partial charge in [0.2, 0.25) is 0 Å². The highest BCUT2D eigenvalue weighted by Gasteiger charge is 2.23. The van der Waals surface area contributed by atoms with E-state index in [1.807, 2.05) is 6.92 Å². The highest BCUT2D eigenvalue weighted by molar-refractivity contribution is 6.35. The molecule has 0 radical (unpaired) electrons. The third-order valence-corrected chi connectivity index (χ3v) is 4.66. The number of carbonyl (C=O) groups excluding carboxylic acids is 2. The van der Waals surface area contributed by atoms with Gasteiger partial charge in [-0.3, -0.25) is 4.79 Å². The van der Waals surface area contributed by atoms with Gasteiger partial charge in [0, 0.05) is 27.3 Å². The lowest BCUT2D eigenvalue weighted by atomic mass is 10.1. The molecule has 1 atom stereocenters. The van der Waals surface area contributed by atoms with E-state index in [0.29, 0.717) is 27.3 Å². The zero-order chi connectivity index (χ0) is 18.7. The van der Waals surface area contributed by atoms with E-state index in [1.54, 1.807) is 42.5 Å². The number of halogens is 2. The average molecular weight is 392 g/mol. The quantitative estimate of drug-likeness (QED) is 0.686. The Morgan fingerprint density at radius 3 is 2.38 bits per heavy atom. The number of benzene rings is 2. The molecule has 5 nitrogen and oxygen atoms in total. The zero-order valence-corrected chi connectivity index (χ0v) is 15.7. The molecular formula is C19H19Cl2N3O2. The van der Waals surface area contributed by atoms with Crippen LogP contribution in [0.4, 0.5) is 10.5 Å². The molecule has 0 aromatic heterocycles. The summed E-state index contributed by atoms with van der Waals surface area (Å²) in [4.78, 5) is 24.1. The fourth-order valence-electron chi connectivity index (χ4n) is 2.50. The number of rotatable bonds is 5. The average Bonchev–Trinajstić information content (AvgIpc) is 3.39. The summed E-state index contributed by atoms with van der Waals surface area (Å²) in [6.07, 6.45) is 2.09. The SMILES string of the molecule is CC(NC(=O)Nc1ccc(C(=O)NC2CC2)cc1)c1ccc(Cl)cc1Cl. The standard InChI is InChI=1S/C19H19Cl2N3O2/c1-11(16-9-4-13(20)10-17(16)21)22-19(26)24-15-5-2-12(3-6-15)18(25)23-14-7-8-14/h2-6,9-11,14H,7-8H2,1H3,(H,23,25)(H2,22,24,26). The van der Waals surface area contributed by atoms with Gasteiger partial charge >= 0.3 is 6.03 Å². The van der Waals surface area contributed by atoms with E-state index in [-0.39, 0.29) is 18.0 Å². The van der Waals surface area contributed by atoms with Crippen molar-refractivity contribution in [3.8, 4) is 0 Å². The Bertz CT molecular complexity index is 820. The van der Waals surface area contributed by atoms with Crippen molar-refractivity contribution in [3.63, 3.8) is 0 Å². The minimum Gasteiger partial charge on any atom is -0.349 e. The lowest BCUT2D eigenvalue weighted by molar-refractivity contribution is 0.0951. The monoisotopic (exact) mass is 391 g/mol. The first-order chi connectivity index (χ1) is 12.4. The minimum absolute atomic E-state index is 0.0884. The van der Waals surface area contributed by atoms with Crippen molar-refractivity contribution in [1.82, 2.24) is 10.6 Å². The van der Waals surface area contributed by atoms with E-state index in [0.717, 1.165) is 18.4 Å². The van der Waals surface area contributed by atoms with Gasteiger partial charge in [-0.2, -0.15) is 0 Å². The Morgan fingerprint density at radius 2 is 1.77 bits per heavy atom. The molecule has 0 bridgehead atoms. The first-order valence-corrected chi connectivity index (χ1v) is 9.11. The van der Waals surface area contributed by atoms with Crippen LogP contribution in [0.5, 0.6) is 0 Å². The maximum absolute atomic E-state index is 12.2. The number of carbonyl (C=O) groups is 2. The van der Waals surface area contributed by atoms with E-state index < -0.39 is 0 Å². The molecule has 26 heavy (non-hydrogen) atoms. The summed E-state index contributed by atoms with van der Waals surface area (Å²) in [5.41, 5.74) is 1.95. The lowest BCUT2D eigenvalue weighted by Gasteiger charge is -2.16. The Labute approximate surface area is 162 Å². The summed E-state index contributed by atoms with van der Waals surface area (Å²) in [7, 11) is 0. The van der Waals surface area contributed by atoms with Crippen LogP contribution in [0, 0.1) is 0 Å². The molecule has 2 aromatic rings. The summed E-state index contributed by atoms with van der Waals surface area (Å²) < 4.78 is 0. The third-order valence-electron chi connectivity index (χ3n) is 4.09. The van der Waals surface area contributed by atoms with E-state index in [4.69, 9.17) is 23.2 Å². The molecule has 7 heteroatoms. The molecule has 1 fully saturated rings. The Kier molecular flexibility index (Phi) is 5.69. The molecule has 1 aliphatic carbocycles. The van der Waals surface area contributed by atoms with Crippen molar-refractivity contribution in [2.75, 3.05) is 5.32 Å². The maximum Gasteiger partial charge on any atom is 0.319 e. The number of nitrogens with one attached hydrogen (secondary N) is 3. The van der Waals surface area contributed by atoms with E-state index in [1.165, 1.54) is 0 Å². The number of amides is 3. The Balaban J connectivity index is 1.56. The van der Waals surface area contributed by atoms with Crippen LogP contribution >= 0.6 is 23.2 Å². The molecule has 1 aliphatic rings. The number of urea groups is 1. The van der Waals surface area contributed by atoms with Crippen molar-refractivity contribution in [1.29, 1.82) is 0 Å². The first kappa shape index (κ1) is 18.5. The van der Waals surface area contributed by atoms with Gasteiger partial charge in [-0.15, -0.1) is 0 Å². The Morgan fingerprint density at radius 1 is 1.08 bits per heavy atom. The smallest absolute Gasteiger partial charge is 0.319 e. The second-order valence-electron chi connectivity index (χ2n) is 6.31. The van der Waals surface area contributed by atoms with Crippen molar-refractivity contribution in [3.05, 3.63) is 63.6 Å². The lowest BCUT2D eigenvalue weighted by Crippen LogP contribution is -2.31. The summed E-state index contributed by atoms with van der Waals surface area (Å²) in [6, 6.07) is 11.6. The van der Waals surface area contributed by atoms with E-state index in [2.05, 4.69) is 16.0 Å². The molecule has 136 valence electrons. The van der Waals surface area contributed by atoms with Crippen LogP contribution < -0.4 is 16.0 Å². The fourth-order valence-corrected chi connectivity index (χ4v) is 3.07. The summed E-state index contributed by atoms with van der Waals surface area (Å²) in [6.45, 7) is 1.83. The van der Waals surface area contributed by atoms with Crippen LogP contribution in [0.2, 0.25) is 10.0 Å². The Hall–Kier alpha value is -2.24. The van der Waals surface area contributed by atoms with Crippen LogP contribution in [-0.4, -0.2) is 18.0 Å². The molecule has 0 spiro atoms. The van der Waals surface area contributed by atoms with Gasteiger partial charge in [-0.25, -0.2) is 4.79 Å². The van der Waals surface area contributed by atoms with Crippen LogP contribution in [0.25, 0.3) is 0 Å². The van der Waals surface area contributed by atoms with Gasteiger partial charge in [-0.05, 0) is 61.7 Å². The third kappa shape index (κ3) is 4.90. The molecule has 2 aromatic carbocycles. The maximum atomic E-state index is 12.2. The molecule has 0 heterocycles. The van der Waals surface area contributed by atoms with E-state index in [9.17, 15) is 9.59 Å². The second kappa shape index (κ2) is 7.98. The topological polar surface area (TPSA) is 70.2 Å². The van der Waals surface area contributed by atoms with Gasteiger partial charge in [0.15, 0.2) is 0 Å². The van der Waals surface area contributed by atoms with Gasteiger partial charge in [0.05, 0.1) is 6.04 Å². The summed E-state index contributed by atoms with van der Waals surface area (Å²) in [5.74, 6) is -0.0884. The van der Waals surface area contributed by atoms with Crippen LogP contribution in [0.1, 0.15) is 41.7 Å². The van der Waals surface area contributed by atoms with Crippen molar-refractivity contribution in [2.24, 2.45) is 0 Å². The predicted molar refractivity (Wildman–Crippen MR) is 104 cm³/mol. The minimum atomic E-state index is -0.362. The molecule has 0 aliphatic heterocycles. The van der Waals surface area contributed by atoms with Gasteiger partial charge in [-0.1, -0.05) is 29.3 Å². The van der Waals surface area contributed by atoms with Crippen molar-refractivity contribution >= 4 is 40.8 Å². The molecule has 1 unspecified atom stereocenters. The number of hydrogen-bond donors (Lipinski definition) is 3. The molecule has 1 saturated carbocycles. The molecule has 0 saturated heterocycles. The zero-order valence-electron chi connectivity index (χ0n) is 14.2. The fraction of sp³-hybridized carbons (Fsp3) is 0.263. The van der Waals surface area contributed by atoms with Gasteiger partial charge < -0.3 is 16.0 Å². The van der Waals surface area contributed by atoms with Crippen molar-refractivity contribution < 1.29 is 9.59 Å². The number of hydrogen-bond acceptors (Lipinski definition) is 2. The highest BCUT2D eigenvalue weighted by Crippen LogP contribution is 2.26. The van der Waals surface area contributed by atoms with E-state index >= 15 is 0 Å². The highest BCUT2D eigenvalue weighted by atomic mass is 35.5. The van der Waals surface area contributed by atoms with Crippen molar-refractivity contribution in [2.45, 2.75) is 31.8 Å². The second-order valence-corrected chi connectivity index (χ2v) is 7.15. The van der Waals surface area contributed by atoms with Gasteiger partial charge in [0.1, 0.15) is 0 Å². The summed E-state index contributed by atoms with van der Waals surface area (Å²) >= 11 is 12.0. The molecule has 3 amide bonds. The van der Waals surface area contributed by atoms with Crippen LogP contribution in [-0.2, 0) is 0 Å². The van der Waals surface area contributed by atoms with Crippen LogP contribution in [0.15, 0.2) is 42.5 Å². The first-order valence-electron chi connectivity index (χ1n) is 8.36. The molecule has 3 rings (SSSR count). The largest absolute Gasteiger partial charge is 0.349 e. The number of anilines is 1.